The number of fused-ring (bicyclic) bond motifs is 4. The Hall–Kier alpha value is -1.96. The SMILES string of the molecule is Cc1cccc2c1-c1c-2cc(N)c(C)c1N. The average molecular weight is 210 g/mol. The zero-order valence-corrected chi connectivity index (χ0v) is 9.46. The van der Waals surface area contributed by atoms with Crippen LogP contribution in [0, 0.1) is 13.8 Å². The van der Waals surface area contributed by atoms with E-state index < -0.39 is 0 Å². The highest BCUT2D eigenvalue weighted by atomic mass is 14.6. The molecular weight excluding hydrogens is 196 g/mol. The van der Waals surface area contributed by atoms with Gasteiger partial charge in [0.2, 0.25) is 0 Å². The fraction of sp³-hybridized carbons (Fsp3) is 0.143. The number of rotatable bonds is 0. The third-order valence-electron chi connectivity index (χ3n) is 3.49. The van der Waals surface area contributed by atoms with Crippen molar-refractivity contribution in [1.82, 2.24) is 0 Å². The van der Waals surface area contributed by atoms with Crippen molar-refractivity contribution < 1.29 is 0 Å². The lowest BCUT2D eigenvalue weighted by molar-refractivity contribution is 1.38. The molecule has 0 bridgehead atoms. The number of hydrogen-bond donors (Lipinski definition) is 2. The Morgan fingerprint density at radius 1 is 0.938 bits per heavy atom. The van der Waals surface area contributed by atoms with Crippen molar-refractivity contribution >= 4 is 11.4 Å². The third kappa shape index (κ3) is 0.915. The van der Waals surface area contributed by atoms with E-state index >= 15 is 0 Å². The molecule has 4 N–H and O–H groups in total. The maximum absolute atomic E-state index is 6.14. The molecule has 3 rings (SSSR count). The molecule has 0 saturated carbocycles. The highest BCUT2D eigenvalue weighted by molar-refractivity contribution is 6.10. The first-order valence-corrected chi connectivity index (χ1v) is 5.40. The summed E-state index contributed by atoms with van der Waals surface area (Å²) >= 11 is 0. The van der Waals surface area contributed by atoms with Crippen molar-refractivity contribution in [2.45, 2.75) is 13.8 Å². The summed E-state index contributed by atoms with van der Waals surface area (Å²) in [6.07, 6.45) is 0. The Kier molecular flexibility index (Phi) is 1.62. The van der Waals surface area contributed by atoms with Gasteiger partial charge in [-0.3, -0.25) is 0 Å². The van der Waals surface area contributed by atoms with Crippen LogP contribution in [-0.2, 0) is 0 Å². The molecule has 2 aromatic rings. The average Bonchev–Trinajstić information content (AvgIpc) is 2.24. The first-order valence-electron chi connectivity index (χ1n) is 5.40. The summed E-state index contributed by atoms with van der Waals surface area (Å²) in [6.45, 7) is 4.09. The van der Waals surface area contributed by atoms with E-state index in [0.717, 1.165) is 16.9 Å². The number of benzene rings is 2. The highest BCUT2D eigenvalue weighted by Crippen LogP contribution is 2.53. The Labute approximate surface area is 94.9 Å². The zero-order valence-electron chi connectivity index (χ0n) is 9.46. The zero-order chi connectivity index (χ0) is 11.4. The molecule has 0 saturated heterocycles. The molecule has 0 radical (unpaired) electrons. The van der Waals surface area contributed by atoms with Crippen LogP contribution in [0.4, 0.5) is 11.4 Å². The fourth-order valence-corrected chi connectivity index (χ4v) is 2.47. The molecule has 0 unspecified atom stereocenters. The van der Waals surface area contributed by atoms with Gasteiger partial charge in [0.25, 0.3) is 0 Å². The van der Waals surface area contributed by atoms with Gasteiger partial charge in [0.1, 0.15) is 0 Å². The minimum atomic E-state index is 0.781. The van der Waals surface area contributed by atoms with E-state index in [1.165, 1.54) is 27.8 Å². The van der Waals surface area contributed by atoms with E-state index in [1.807, 2.05) is 13.0 Å². The molecular formula is C14H14N2. The number of nitrogens with two attached hydrogens (primary N) is 2. The molecule has 1 aliphatic rings. The number of nitrogen functional groups attached to an aromatic ring is 2. The maximum Gasteiger partial charge on any atom is 0.0450 e. The third-order valence-corrected chi connectivity index (χ3v) is 3.49. The second kappa shape index (κ2) is 2.79. The molecule has 0 amide bonds. The van der Waals surface area contributed by atoms with Gasteiger partial charge in [-0.15, -0.1) is 0 Å². The molecule has 0 spiro atoms. The molecule has 2 heteroatoms. The molecule has 80 valence electrons. The van der Waals surface area contributed by atoms with Crippen LogP contribution in [-0.4, -0.2) is 0 Å². The van der Waals surface area contributed by atoms with E-state index in [9.17, 15) is 0 Å². The topological polar surface area (TPSA) is 52.0 Å². The van der Waals surface area contributed by atoms with Gasteiger partial charge in [-0.2, -0.15) is 0 Å². The Morgan fingerprint density at radius 2 is 1.69 bits per heavy atom. The van der Waals surface area contributed by atoms with E-state index in [1.54, 1.807) is 0 Å². The van der Waals surface area contributed by atoms with Gasteiger partial charge in [-0.1, -0.05) is 18.2 Å². The van der Waals surface area contributed by atoms with Gasteiger partial charge in [0.05, 0.1) is 0 Å². The van der Waals surface area contributed by atoms with Crippen LogP contribution >= 0.6 is 0 Å². The lowest BCUT2D eigenvalue weighted by Crippen LogP contribution is -2.08. The Bertz CT molecular complexity index is 613. The smallest absolute Gasteiger partial charge is 0.0450 e. The standard InChI is InChI=1S/C14H14N2/c1-7-4-3-5-9-10-6-11(15)8(2)14(16)13(10)12(7)9/h3-6H,15-16H2,1-2H3. The summed E-state index contributed by atoms with van der Waals surface area (Å²) in [5.41, 5.74) is 20.9. The number of aryl methyl sites for hydroxylation is 1. The molecule has 0 aliphatic heterocycles. The predicted octanol–water partition coefficient (Wildman–Crippen LogP) is 3.12. The van der Waals surface area contributed by atoms with Crippen molar-refractivity contribution in [2.75, 3.05) is 11.5 Å². The van der Waals surface area contributed by atoms with Crippen molar-refractivity contribution in [3.63, 3.8) is 0 Å². The second-order valence-electron chi connectivity index (χ2n) is 4.42. The Balaban J connectivity index is 2.37. The normalized spacial score (nSPS) is 11.6. The van der Waals surface area contributed by atoms with Gasteiger partial charge in [-0.05, 0) is 47.7 Å². The summed E-state index contributed by atoms with van der Waals surface area (Å²) in [7, 11) is 0. The quantitative estimate of drug-likeness (QED) is 0.560. The van der Waals surface area contributed by atoms with Gasteiger partial charge < -0.3 is 11.5 Å². The van der Waals surface area contributed by atoms with Crippen LogP contribution in [0.25, 0.3) is 22.3 Å². The summed E-state index contributed by atoms with van der Waals surface area (Å²) in [5, 5.41) is 0. The van der Waals surface area contributed by atoms with E-state index in [-0.39, 0.29) is 0 Å². The summed E-state index contributed by atoms with van der Waals surface area (Å²) in [5.74, 6) is 0. The molecule has 2 nitrogen and oxygen atoms in total. The lowest BCUT2D eigenvalue weighted by atomic mass is 9.76. The van der Waals surface area contributed by atoms with Crippen LogP contribution < -0.4 is 11.5 Å². The molecule has 0 atom stereocenters. The predicted molar refractivity (Wildman–Crippen MR) is 69.2 cm³/mol. The summed E-state index contributed by atoms with van der Waals surface area (Å²) < 4.78 is 0. The minimum absolute atomic E-state index is 0.781. The maximum atomic E-state index is 6.14. The molecule has 16 heavy (non-hydrogen) atoms. The van der Waals surface area contributed by atoms with E-state index in [2.05, 4.69) is 25.1 Å². The summed E-state index contributed by atoms with van der Waals surface area (Å²) in [6, 6.07) is 8.35. The number of anilines is 2. The van der Waals surface area contributed by atoms with Crippen LogP contribution in [0.5, 0.6) is 0 Å². The minimum Gasteiger partial charge on any atom is -0.398 e. The van der Waals surface area contributed by atoms with Crippen LogP contribution in [0.3, 0.4) is 0 Å². The van der Waals surface area contributed by atoms with Crippen LogP contribution in [0.1, 0.15) is 11.1 Å². The first-order chi connectivity index (χ1) is 7.61. The molecule has 2 aromatic carbocycles. The first kappa shape index (κ1) is 9.28. The molecule has 1 aliphatic carbocycles. The molecule has 0 fully saturated rings. The van der Waals surface area contributed by atoms with Crippen molar-refractivity contribution in [3.8, 4) is 22.3 Å². The van der Waals surface area contributed by atoms with Gasteiger partial charge in [-0.25, -0.2) is 0 Å². The second-order valence-corrected chi connectivity index (χ2v) is 4.42. The summed E-state index contributed by atoms with van der Waals surface area (Å²) in [4.78, 5) is 0. The highest BCUT2D eigenvalue weighted by Gasteiger charge is 2.27. The van der Waals surface area contributed by atoms with Crippen LogP contribution in [0.2, 0.25) is 0 Å². The monoisotopic (exact) mass is 210 g/mol. The van der Waals surface area contributed by atoms with Gasteiger partial charge in [0, 0.05) is 16.9 Å². The molecule has 0 heterocycles. The lowest BCUT2D eigenvalue weighted by Gasteiger charge is -2.29. The van der Waals surface area contributed by atoms with E-state index in [4.69, 9.17) is 11.5 Å². The number of hydrogen-bond acceptors (Lipinski definition) is 2. The van der Waals surface area contributed by atoms with Gasteiger partial charge >= 0.3 is 0 Å². The van der Waals surface area contributed by atoms with Crippen molar-refractivity contribution in [3.05, 3.63) is 35.4 Å². The van der Waals surface area contributed by atoms with Crippen molar-refractivity contribution in [2.24, 2.45) is 0 Å². The Morgan fingerprint density at radius 3 is 2.44 bits per heavy atom. The van der Waals surface area contributed by atoms with E-state index in [0.29, 0.717) is 0 Å². The largest absolute Gasteiger partial charge is 0.398 e. The van der Waals surface area contributed by atoms with Crippen LogP contribution in [0.15, 0.2) is 24.3 Å². The fourth-order valence-electron chi connectivity index (χ4n) is 2.47. The van der Waals surface area contributed by atoms with Crippen molar-refractivity contribution in [1.29, 1.82) is 0 Å². The molecule has 0 aromatic heterocycles. The van der Waals surface area contributed by atoms with Gasteiger partial charge in [0.15, 0.2) is 0 Å².